The van der Waals surface area contributed by atoms with Gasteiger partial charge in [0.05, 0.1) is 47.7 Å². The number of fused-ring (bicyclic) bond motifs is 4. The van der Waals surface area contributed by atoms with Gasteiger partial charge in [-0.25, -0.2) is 9.97 Å². The van der Waals surface area contributed by atoms with Crippen LogP contribution in [0.3, 0.4) is 0 Å². The van der Waals surface area contributed by atoms with Crippen molar-refractivity contribution in [2.45, 2.75) is 45.9 Å². The average Bonchev–Trinajstić information content (AvgIpc) is 3.12. The number of pyridine rings is 2. The highest BCUT2D eigenvalue weighted by atomic mass is 35.5. The molecule has 0 aliphatic rings. The molecule has 0 bridgehead atoms. The first kappa shape index (κ1) is 33.8. The minimum atomic E-state index is 0.688. The van der Waals surface area contributed by atoms with Gasteiger partial charge in [0, 0.05) is 46.1 Å². The number of ether oxygens (including phenoxy) is 2. The van der Waals surface area contributed by atoms with Crippen LogP contribution < -0.4 is 25.4 Å². The van der Waals surface area contributed by atoms with Crippen molar-refractivity contribution in [2.24, 2.45) is 0 Å². The summed E-state index contributed by atoms with van der Waals surface area (Å²) in [5.74, 6) is 1.64. The van der Waals surface area contributed by atoms with Gasteiger partial charge in [0.2, 0.25) is 0 Å². The molecule has 3 N–H and O–H groups in total. The summed E-state index contributed by atoms with van der Waals surface area (Å²) in [4.78, 5) is 9.65. The van der Waals surface area contributed by atoms with E-state index in [-0.39, 0.29) is 0 Å². The first-order valence-corrected chi connectivity index (χ1v) is 17.1. The van der Waals surface area contributed by atoms with Gasteiger partial charge >= 0.3 is 0 Å². The molecule has 0 fully saturated rings. The number of hydrogen-bond donors (Lipinski definition) is 3. The van der Waals surface area contributed by atoms with Crippen LogP contribution >= 0.6 is 23.2 Å². The quantitative estimate of drug-likeness (QED) is 0.0690. The van der Waals surface area contributed by atoms with Gasteiger partial charge in [-0.15, -0.1) is 0 Å². The monoisotopic (exact) mass is 686 g/mol. The minimum absolute atomic E-state index is 0.688. The Balaban J connectivity index is 0.00000230. The van der Waals surface area contributed by atoms with Gasteiger partial charge < -0.3 is 25.4 Å². The Morgan fingerprint density at radius 1 is 0.542 bits per heavy atom. The molecule has 2 aromatic heterocycles. The Bertz CT molecular complexity index is 1870. The Morgan fingerprint density at radius 3 is 1.42 bits per heavy atom. The van der Waals surface area contributed by atoms with Gasteiger partial charge in [-0.2, -0.15) is 0 Å². The topological polar surface area (TPSA) is 80.3 Å². The van der Waals surface area contributed by atoms with Crippen LogP contribution in [-0.4, -0.2) is 50.4 Å². The second-order valence-electron chi connectivity index (χ2n) is 11.8. The number of benzene rings is 4. The number of unbranched alkanes of at least 4 members (excludes halogenated alkanes) is 4. The third-order valence-electron chi connectivity index (χ3n) is 8.55. The van der Waals surface area contributed by atoms with Gasteiger partial charge in [0.15, 0.2) is 0 Å². The molecule has 0 radical (unpaired) electrons. The molecule has 0 unspecified atom stereocenters. The molecule has 0 atom stereocenters. The average molecular weight is 688 g/mol. The van der Waals surface area contributed by atoms with Crippen LogP contribution in [0.15, 0.2) is 72.8 Å². The SMILES string of the molecule is COc1ccc2nc3cc(Cl)ccc3c(NCCCCCNCCCCCNc3c4ccc(Cl)cc4nc4ccc(OC)cc34)c2c1.[2H]C. The van der Waals surface area contributed by atoms with Crippen LogP contribution in [0.4, 0.5) is 11.4 Å². The van der Waals surface area contributed by atoms with Crippen molar-refractivity contribution in [3.63, 3.8) is 0 Å². The largest absolute Gasteiger partial charge is 0.497 e. The van der Waals surface area contributed by atoms with E-state index in [1.165, 1.54) is 7.40 Å². The molecule has 0 amide bonds. The molecule has 2 heterocycles. The number of methoxy groups -OCH3 is 2. The number of nitrogens with one attached hydrogen (secondary N) is 3. The molecule has 0 aliphatic heterocycles. The number of rotatable bonds is 16. The molecule has 6 aromatic rings. The van der Waals surface area contributed by atoms with Crippen molar-refractivity contribution in [2.75, 3.05) is 51.0 Å². The predicted molar refractivity (Wildman–Crippen MR) is 206 cm³/mol. The van der Waals surface area contributed by atoms with Crippen LogP contribution in [0.25, 0.3) is 43.6 Å². The van der Waals surface area contributed by atoms with Crippen molar-refractivity contribution < 1.29 is 10.8 Å². The molecule has 252 valence electrons. The van der Waals surface area contributed by atoms with Crippen LogP contribution in [0.2, 0.25) is 10.0 Å². The summed E-state index contributed by atoms with van der Waals surface area (Å²) in [6, 6.07) is 23.8. The Labute approximate surface area is 294 Å². The lowest BCUT2D eigenvalue weighted by Crippen LogP contribution is -2.17. The zero-order valence-corrected chi connectivity index (χ0v) is 29.5. The van der Waals surface area contributed by atoms with Gasteiger partial charge in [-0.3, -0.25) is 0 Å². The number of halogens is 2. The fraction of sp³-hybridized carbons (Fsp3) is 0.333. The van der Waals surface area contributed by atoms with Crippen LogP contribution in [0.1, 0.15) is 47.3 Å². The normalized spacial score (nSPS) is 11.4. The summed E-state index contributed by atoms with van der Waals surface area (Å²) >= 11 is 12.5. The molecular weight excluding hydrogens is 641 g/mol. The Morgan fingerprint density at radius 2 is 0.979 bits per heavy atom. The fourth-order valence-corrected chi connectivity index (χ4v) is 6.42. The van der Waals surface area contributed by atoms with Gasteiger partial charge in [-0.1, -0.05) is 43.4 Å². The number of aromatic nitrogens is 2. The molecule has 0 saturated carbocycles. The molecule has 0 aliphatic carbocycles. The van der Waals surface area contributed by atoms with E-state index in [1.54, 1.807) is 14.2 Å². The molecule has 4 aromatic carbocycles. The van der Waals surface area contributed by atoms with E-state index >= 15 is 0 Å². The van der Waals surface area contributed by atoms with E-state index in [4.69, 9.17) is 44.0 Å². The predicted octanol–water partition coefficient (Wildman–Crippen LogP) is 10.5. The zero-order valence-electron chi connectivity index (χ0n) is 29.0. The fourth-order valence-electron chi connectivity index (χ4n) is 6.08. The van der Waals surface area contributed by atoms with E-state index < -0.39 is 0 Å². The maximum Gasteiger partial charge on any atom is 0.119 e. The lowest BCUT2D eigenvalue weighted by atomic mass is 10.1. The maximum absolute atomic E-state index is 6.27. The summed E-state index contributed by atoms with van der Waals surface area (Å²) in [6.07, 6.45) is 6.80. The van der Waals surface area contributed by atoms with Gasteiger partial charge in [0.25, 0.3) is 0 Å². The second kappa shape index (κ2) is 16.9. The van der Waals surface area contributed by atoms with E-state index in [1.807, 2.05) is 60.7 Å². The molecule has 9 heteroatoms. The molecule has 0 saturated heterocycles. The first-order valence-electron chi connectivity index (χ1n) is 17.4. The summed E-state index contributed by atoms with van der Waals surface area (Å²) < 4.78 is 16.7. The smallest absolute Gasteiger partial charge is 0.119 e. The Kier molecular flexibility index (Phi) is 11.9. The Hall–Kier alpha value is -4.04. The summed E-state index contributed by atoms with van der Waals surface area (Å²) in [6.45, 7) is 3.86. The van der Waals surface area contributed by atoms with Crippen molar-refractivity contribution in [1.29, 1.82) is 0 Å². The van der Waals surface area contributed by atoms with Crippen molar-refractivity contribution in [3.05, 3.63) is 82.8 Å². The van der Waals surface area contributed by atoms with Crippen LogP contribution in [0, 0.1) is 0 Å². The molecule has 6 rings (SSSR count). The van der Waals surface area contributed by atoms with E-state index in [0.29, 0.717) is 10.0 Å². The minimum Gasteiger partial charge on any atom is -0.497 e. The lowest BCUT2D eigenvalue weighted by molar-refractivity contribution is 0.415. The van der Waals surface area contributed by atoms with Crippen molar-refractivity contribution in [3.8, 4) is 11.5 Å². The van der Waals surface area contributed by atoms with Crippen molar-refractivity contribution >= 4 is 78.2 Å². The number of anilines is 2. The van der Waals surface area contributed by atoms with E-state index in [9.17, 15) is 0 Å². The lowest BCUT2D eigenvalue weighted by Gasteiger charge is -2.14. The third kappa shape index (κ3) is 8.32. The standard InChI is InChI=1S/C38H41Cl2N5O2.CH4/c1-46-27-11-15-33-31(23-27)37(29-13-9-25(39)21-35(29)44-33)42-19-7-3-5-17-41-18-6-4-8-20-43-38-30-14-10-26(40)22-36(30)45-34-16-12-28(47-2)24-32(34)38;/h9-16,21-24,41H,3-8,17-20H2,1-2H3,(H,42,44)(H,43,45);1H4/i;1D. The highest BCUT2D eigenvalue weighted by molar-refractivity contribution is 6.32. The molecule has 48 heavy (non-hydrogen) atoms. The maximum atomic E-state index is 6.27. The molecular formula is C39H45Cl2N5O2. The zero-order chi connectivity index (χ0) is 34.6. The van der Waals surface area contributed by atoms with Crippen LogP contribution in [0.5, 0.6) is 11.5 Å². The summed E-state index contributed by atoms with van der Waals surface area (Å²) in [5.41, 5.74) is 5.80. The summed E-state index contributed by atoms with van der Waals surface area (Å²) in [5, 5.41) is 16.6. The van der Waals surface area contributed by atoms with Gasteiger partial charge in [0.1, 0.15) is 11.5 Å². The highest BCUT2D eigenvalue weighted by Crippen LogP contribution is 2.35. The van der Waals surface area contributed by atoms with E-state index in [2.05, 4.69) is 28.1 Å². The highest BCUT2D eigenvalue weighted by Gasteiger charge is 2.12. The third-order valence-corrected chi connectivity index (χ3v) is 9.02. The second-order valence-corrected chi connectivity index (χ2v) is 12.7. The number of hydrogen-bond acceptors (Lipinski definition) is 7. The van der Waals surface area contributed by atoms with Gasteiger partial charge in [-0.05, 0) is 112 Å². The number of nitrogens with zero attached hydrogens (tertiary/aromatic N) is 2. The van der Waals surface area contributed by atoms with Crippen molar-refractivity contribution in [1.82, 2.24) is 15.3 Å². The van der Waals surface area contributed by atoms with Crippen LogP contribution in [-0.2, 0) is 0 Å². The molecule has 0 spiro atoms. The molecule has 7 nitrogen and oxygen atoms in total. The first-order chi connectivity index (χ1) is 24.0. The summed E-state index contributed by atoms with van der Waals surface area (Å²) in [7, 11) is 4.63. The van der Waals surface area contributed by atoms with E-state index in [0.717, 1.165) is 131 Å².